The highest BCUT2D eigenvalue weighted by atomic mass is 79.9. The number of benzene rings is 1. The van der Waals surface area contributed by atoms with Crippen molar-refractivity contribution in [2.45, 2.75) is 25.3 Å². The van der Waals surface area contributed by atoms with Gasteiger partial charge in [-0.15, -0.1) is 10.2 Å². The highest BCUT2D eigenvalue weighted by Gasteiger charge is 2.29. The summed E-state index contributed by atoms with van der Waals surface area (Å²) >= 11 is 9.51. The van der Waals surface area contributed by atoms with E-state index in [1.165, 1.54) is 18.4 Å². The summed E-state index contributed by atoms with van der Waals surface area (Å²) in [6.07, 6.45) is 2.41. The van der Waals surface area contributed by atoms with Gasteiger partial charge in [-0.2, -0.15) is 0 Å². The van der Waals surface area contributed by atoms with E-state index < -0.39 is 0 Å². The molecule has 0 aliphatic heterocycles. The first-order chi connectivity index (χ1) is 8.24. The molecule has 0 atom stereocenters. The number of aromatic nitrogens is 3. The maximum atomic E-state index is 6.08. The maximum absolute atomic E-state index is 6.08. The number of nitrogens with zero attached hydrogens (tertiary/aromatic N) is 3. The largest absolute Gasteiger partial charge is 0.297 e. The molecule has 17 heavy (non-hydrogen) atoms. The van der Waals surface area contributed by atoms with E-state index in [0.717, 1.165) is 16.8 Å². The minimum absolute atomic E-state index is 0.481. The molecule has 0 N–H and O–H groups in total. The van der Waals surface area contributed by atoms with Crippen molar-refractivity contribution in [3.05, 3.63) is 45.4 Å². The van der Waals surface area contributed by atoms with Gasteiger partial charge in [0, 0.05) is 10.4 Å². The second-order valence-corrected chi connectivity index (χ2v) is 5.57. The van der Waals surface area contributed by atoms with Gasteiger partial charge in [0.15, 0.2) is 0 Å². The van der Waals surface area contributed by atoms with Gasteiger partial charge in [-0.3, -0.25) is 4.57 Å². The van der Waals surface area contributed by atoms with Crippen molar-refractivity contribution >= 4 is 27.5 Å². The molecule has 1 fully saturated rings. The quantitative estimate of drug-likeness (QED) is 0.866. The Morgan fingerprint density at radius 1 is 1.24 bits per heavy atom. The zero-order valence-corrected chi connectivity index (χ0v) is 11.4. The van der Waals surface area contributed by atoms with Crippen molar-refractivity contribution in [2.24, 2.45) is 0 Å². The monoisotopic (exact) mass is 311 g/mol. The van der Waals surface area contributed by atoms with E-state index in [-0.39, 0.29) is 0 Å². The van der Waals surface area contributed by atoms with Crippen molar-refractivity contribution in [1.82, 2.24) is 14.8 Å². The van der Waals surface area contributed by atoms with Crippen molar-refractivity contribution < 1.29 is 0 Å². The normalized spacial score (nSPS) is 15.2. The Kier molecular flexibility index (Phi) is 2.92. The highest BCUT2D eigenvalue weighted by Crippen LogP contribution is 2.39. The Bertz CT molecular complexity index is 531. The Balaban J connectivity index is 1.89. The molecule has 0 radical (unpaired) electrons. The molecule has 3 rings (SSSR count). The van der Waals surface area contributed by atoms with Gasteiger partial charge >= 0.3 is 0 Å². The number of rotatable bonds is 3. The van der Waals surface area contributed by atoms with Crippen LogP contribution in [-0.4, -0.2) is 14.8 Å². The van der Waals surface area contributed by atoms with Crippen LogP contribution in [0.15, 0.2) is 28.7 Å². The van der Waals surface area contributed by atoms with E-state index in [1.807, 2.05) is 16.7 Å². The fourth-order valence-electron chi connectivity index (χ4n) is 1.86. The molecule has 88 valence electrons. The Labute approximate surface area is 113 Å². The maximum Gasteiger partial charge on any atom is 0.225 e. The minimum Gasteiger partial charge on any atom is -0.297 e. The van der Waals surface area contributed by atoms with Crippen LogP contribution in [0.2, 0.25) is 5.28 Å². The SMILES string of the molecule is Clc1nnc(C2CC2)n1Cc1ccc(Br)cc1. The third-order valence-electron chi connectivity index (χ3n) is 2.93. The molecule has 1 aromatic heterocycles. The van der Waals surface area contributed by atoms with Crippen LogP contribution in [0.3, 0.4) is 0 Å². The fraction of sp³-hybridized carbons (Fsp3) is 0.333. The molecule has 0 bridgehead atoms. The van der Waals surface area contributed by atoms with E-state index in [2.05, 4.69) is 38.3 Å². The summed E-state index contributed by atoms with van der Waals surface area (Å²) in [5, 5.41) is 8.61. The summed E-state index contributed by atoms with van der Waals surface area (Å²) in [5.74, 6) is 1.59. The molecule has 1 saturated carbocycles. The Morgan fingerprint density at radius 3 is 2.59 bits per heavy atom. The van der Waals surface area contributed by atoms with Gasteiger partial charge in [0.05, 0.1) is 6.54 Å². The fourth-order valence-corrected chi connectivity index (χ4v) is 2.31. The van der Waals surface area contributed by atoms with Crippen LogP contribution in [0, 0.1) is 0 Å². The van der Waals surface area contributed by atoms with Crippen molar-refractivity contribution in [3.8, 4) is 0 Å². The summed E-state index contributed by atoms with van der Waals surface area (Å²) in [6.45, 7) is 0.741. The molecule has 3 nitrogen and oxygen atoms in total. The van der Waals surface area contributed by atoms with E-state index >= 15 is 0 Å². The van der Waals surface area contributed by atoms with E-state index in [1.54, 1.807) is 0 Å². The van der Waals surface area contributed by atoms with Gasteiger partial charge < -0.3 is 0 Å². The number of hydrogen-bond donors (Lipinski definition) is 0. The lowest BCUT2D eigenvalue weighted by molar-refractivity contribution is 0.727. The van der Waals surface area contributed by atoms with Crippen molar-refractivity contribution in [1.29, 1.82) is 0 Å². The van der Waals surface area contributed by atoms with Gasteiger partial charge in [-0.1, -0.05) is 28.1 Å². The van der Waals surface area contributed by atoms with E-state index in [4.69, 9.17) is 11.6 Å². The van der Waals surface area contributed by atoms with Crippen LogP contribution < -0.4 is 0 Å². The first-order valence-corrected chi connectivity index (χ1v) is 6.74. The van der Waals surface area contributed by atoms with Crippen molar-refractivity contribution in [2.75, 3.05) is 0 Å². The molecule has 5 heteroatoms. The molecule has 0 spiro atoms. The first kappa shape index (κ1) is 11.2. The third-order valence-corrected chi connectivity index (χ3v) is 3.74. The minimum atomic E-state index is 0.481. The van der Waals surface area contributed by atoms with Crippen LogP contribution in [-0.2, 0) is 6.54 Å². The van der Waals surface area contributed by atoms with Crippen LogP contribution in [0.4, 0.5) is 0 Å². The predicted molar refractivity (Wildman–Crippen MR) is 70.3 cm³/mol. The first-order valence-electron chi connectivity index (χ1n) is 5.57. The summed E-state index contributed by atoms with van der Waals surface area (Å²) in [7, 11) is 0. The average Bonchev–Trinajstić information content (AvgIpc) is 3.10. The van der Waals surface area contributed by atoms with Crippen LogP contribution in [0.5, 0.6) is 0 Å². The summed E-state index contributed by atoms with van der Waals surface area (Å²) in [4.78, 5) is 0. The van der Waals surface area contributed by atoms with Crippen LogP contribution in [0.1, 0.15) is 30.1 Å². The topological polar surface area (TPSA) is 30.7 Å². The third kappa shape index (κ3) is 2.38. The number of hydrogen-bond acceptors (Lipinski definition) is 2. The average molecular weight is 313 g/mol. The summed E-state index contributed by atoms with van der Waals surface area (Å²) < 4.78 is 3.08. The predicted octanol–water partition coefficient (Wildman–Crippen LogP) is 3.62. The van der Waals surface area contributed by atoms with E-state index in [0.29, 0.717) is 11.2 Å². The second-order valence-electron chi connectivity index (χ2n) is 4.31. The van der Waals surface area contributed by atoms with Gasteiger partial charge in [-0.05, 0) is 42.1 Å². The van der Waals surface area contributed by atoms with E-state index in [9.17, 15) is 0 Å². The molecule has 0 amide bonds. The van der Waals surface area contributed by atoms with Crippen LogP contribution in [0.25, 0.3) is 0 Å². The lowest BCUT2D eigenvalue weighted by atomic mass is 10.2. The highest BCUT2D eigenvalue weighted by molar-refractivity contribution is 9.10. The molecule has 2 aromatic rings. The Morgan fingerprint density at radius 2 is 1.94 bits per heavy atom. The molecule has 0 saturated heterocycles. The summed E-state index contributed by atoms with van der Waals surface area (Å²) in [5.41, 5.74) is 1.21. The van der Waals surface area contributed by atoms with Crippen molar-refractivity contribution in [3.63, 3.8) is 0 Å². The zero-order valence-electron chi connectivity index (χ0n) is 9.11. The number of halogens is 2. The van der Waals surface area contributed by atoms with Gasteiger partial charge in [-0.25, -0.2) is 0 Å². The molecule has 1 aromatic carbocycles. The second kappa shape index (κ2) is 4.42. The molecule has 1 aliphatic carbocycles. The molecule has 0 unspecified atom stereocenters. The molecule has 1 aliphatic rings. The standard InChI is InChI=1S/C12H11BrClN3/c13-10-5-1-8(2-6-10)7-17-11(9-3-4-9)15-16-12(17)14/h1-2,5-6,9H,3-4,7H2. The molecular formula is C12H11BrClN3. The zero-order chi connectivity index (χ0) is 11.8. The summed E-state index contributed by atoms with van der Waals surface area (Å²) in [6, 6.07) is 8.23. The van der Waals surface area contributed by atoms with Gasteiger partial charge in [0.25, 0.3) is 0 Å². The van der Waals surface area contributed by atoms with Gasteiger partial charge in [0.2, 0.25) is 5.28 Å². The van der Waals surface area contributed by atoms with Gasteiger partial charge in [0.1, 0.15) is 5.82 Å². The lowest BCUT2D eigenvalue weighted by Gasteiger charge is -2.07. The Hall–Kier alpha value is -0.870. The molecular weight excluding hydrogens is 302 g/mol. The molecule has 1 heterocycles. The lowest BCUT2D eigenvalue weighted by Crippen LogP contribution is -2.04. The van der Waals surface area contributed by atoms with Crippen LogP contribution >= 0.6 is 27.5 Å². The smallest absolute Gasteiger partial charge is 0.225 e.